The second kappa shape index (κ2) is 8.15. The third-order valence-corrected chi connectivity index (χ3v) is 3.13. The SMILES string of the molecule is CC(O)c1ccc(CNC(=O)C(C)C(C)N)cc1.Cl. The van der Waals surface area contributed by atoms with Gasteiger partial charge in [0.05, 0.1) is 6.10 Å². The molecule has 0 bridgehead atoms. The summed E-state index contributed by atoms with van der Waals surface area (Å²) >= 11 is 0. The van der Waals surface area contributed by atoms with Crippen molar-refractivity contribution in [1.29, 1.82) is 0 Å². The number of amides is 1. The van der Waals surface area contributed by atoms with Crippen molar-refractivity contribution in [3.8, 4) is 0 Å². The van der Waals surface area contributed by atoms with E-state index in [1.54, 1.807) is 6.92 Å². The van der Waals surface area contributed by atoms with Crippen LogP contribution in [0.4, 0.5) is 0 Å². The lowest BCUT2D eigenvalue weighted by Crippen LogP contribution is -2.38. The molecule has 4 nitrogen and oxygen atoms in total. The molecule has 19 heavy (non-hydrogen) atoms. The van der Waals surface area contributed by atoms with E-state index in [1.807, 2.05) is 38.1 Å². The van der Waals surface area contributed by atoms with Crippen LogP contribution in [-0.4, -0.2) is 17.1 Å². The van der Waals surface area contributed by atoms with Crippen molar-refractivity contribution in [1.82, 2.24) is 5.32 Å². The first-order valence-electron chi connectivity index (χ1n) is 6.22. The van der Waals surface area contributed by atoms with Gasteiger partial charge in [-0.25, -0.2) is 0 Å². The van der Waals surface area contributed by atoms with E-state index in [2.05, 4.69) is 5.32 Å². The summed E-state index contributed by atoms with van der Waals surface area (Å²) in [5.74, 6) is -0.230. The number of carbonyl (C=O) groups excluding carboxylic acids is 1. The van der Waals surface area contributed by atoms with Crippen LogP contribution in [-0.2, 0) is 11.3 Å². The number of aliphatic hydroxyl groups excluding tert-OH is 1. The van der Waals surface area contributed by atoms with E-state index >= 15 is 0 Å². The predicted octanol–water partition coefficient (Wildman–Crippen LogP) is 1.76. The minimum absolute atomic E-state index is 0. The van der Waals surface area contributed by atoms with Crippen molar-refractivity contribution >= 4 is 18.3 Å². The first-order chi connectivity index (χ1) is 8.41. The zero-order valence-corrected chi connectivity index (χ0v) is 12.4. The van der Waals surface area contributed by atoms with E-state index in [9.17, 15) is 9.90 Å². The third kappa shape index (κ3) is 5.59. The number of carbonyl (C=O) groups is 1. The summed E-state index contributed by atoms with van der Waals surface area (Å²) in [6.07, 6.45) is -0.466. The van der Waals surface area contributed by atoms with Crippen molar-refractivity contribution in [3.05, 3.63) is 35.4 Å². The van der Waals surface area contributed by atoms with Crippen LogP contribution >= 0.6 is 12.4 Å². The fourth-order valence-corrected chi connectivity index (χ4v) is 1.50. The normalized spacial score (nSPS) is 15.0. The highest BCUT2D eigenvalue weighted by atomic mass is 35.5. The Bertz CT molecular complexity index is 391. The monoisotopic (exact) mass is 286 g/mol. The van der Waals surface area contributed by atoms with Crippen molar-refractivity contribution in [2.24, 2.45) is 11.7 Å². The predicted molar refractivity (Wildman–Crippen MR) is 79.0 cm³/mol. The van der Waals surface area contributed by atoms with E-state index in [0.29, 0.717) is 6.54 Å². The van der Waals surface area contributed by atoms with Crippen LogP contribution < -0.4 is 11.1 Å². The van der Waals surface area contributed by atoms with E-state index < -0.39 is 6.10 Å². The van der Waals surface area contributed by atoms with Crippen molar-refractivity contribution in [2.45, 2.75) is 39.5 Å². The Morgan fingerprint density at radius 2 is 1.79 bits per heavy atom. The molecule has 1 aromatic rings. The Morgan fingerprint density at radius 3 is 2.21 bits per heavy atom. The molecule has 4 N–H and O–H groups in total. The van der Waals surface area contributed by atoms with Crippen molar-refractivity contribution in [3.63, 3.8) is 0 Å². The number of nitrogens with two attached hydrogens (primary N) is 1. The quantitative estimate of drug-likeness (QED) is 0.772. The van der Waals surface area contributed by atoms with Gasteiger partial charge >= 0.3 is 0 Å². The highest BCUT2D eigenvalue weighted by Crippen LogP contribution is 2.12. The Kier molecular flexibility index (Phi) is 7.68. The molecule has 0 heterocycles. The second-order valence-electron chi connectivity index (χ2n) is 4.78. The van der Waals surface area contributed by atoms with Gasteiger partial charge in [0.25, 0.3) is 0 Å². The molecule has 0 spiro atoms. The Hall–Kier alpha value is -1.10. The van der Waals surface area contributed by atoms with Gasteiger partial charge in [0, 0.05) is 18.5 Å². The number of rotatable bonds is 5. The van der Waals surface area contributed by atoms with Gasteiger partial charge in [-0.1, -0.05) is 31.2 Å². The molecule has 1 aromatic carbocycles. The van der Waals surface area contributed by atoms with Crippen LogP contribution in [0.5, 0.6) is 0 Å². The molecule has 1 rings (SSSR count). The maximum atomic E-state index is 11.7. The summed E-state index contributed by atoms with van der Waals surface area (Å²) < 4.78 is 0. The molecule has 0 radical (unpaired) electrons. The van der Waals surface area contributed by atoms with Gasteiger partial charge in [0.1, 0.15) is 0 Å². The summed E-state index contributed by atoms with van der Waals surface area (Å²) in [6.45, 7) is 5.84. The van der Waals surface area contributed by atoms with E-state index in [0.717, 1.165) is 11.1 Å². The number of hydrogen-bond acceptors (Lipinski definition) is 3. The number of hydrogen-bond donors (Lipinski definition) is 3. The standard InChI is InChI=1S/C14H22N2O2.ClH/c1-9(10(2)15)14(18)16-8-12-4-6-13(7-5-12)11(3)17;/h4-7,9-11,17H,8,15H2,1-3H3,(H,16,18);1H. The molecule has 0 aliphatic heterocycles. The van der Waals surface area contributed by atoms with Gasteiger partial charge in [0.15, 0.2) is 0 Å². The van der Waals surface area contributed by atoms with Gasteiger partial charge in [-0.05, 0) is 25.0 Å². The lowest BCUT2D eigenvalue weighted by atomic mass is 10.0. The van der Waals surface area contributed by atoms with Crippen LogP contribution in [0.15, 0.2) is 24.3 Å². The van der Waals surface area contributed by atoms with Crippen molar-refractivity contribution < 1.29 is 9.90 Å². The maximum absolute atomic E-state index is 11.7. The molecule has 3 unspecified atom stereocenters. The summed E-state index contributed by atoms with van der Waals surface area (Å²) in [5, 5.41) is 12.2. The lowest BCUT2D eigenvalue weighted by molar-refractivity contribution is -0.125. The average Bonchev–Trinajstić information content (AvgIpc) is 2.35. The number of aliphatic hydroxyl groups is 1. The highest BCUT2D eigenvalue weighted by molar-refractivity contribution is 5.85. The van der Waals surface area contributed by atoms with Crippen LogP contribution in [0.25, 0.3) is 0 Å². The topological polar surface area (TPSA) is 75.3 Å². The minimum Gasteiger partial charge on any atom is -0.389 e. The molecular weight excluding hydrogens is 264 g/mol. The smallest absolute Gasteiger partial charge is 0.224 e. The number of nitrogens with one attached hydrogen (secondary N) is 1. The Labute approximate surface area is 120 Å². The zero-order valence-electron chi connectivity index (χ0n) is 11.6. The van der Waals surface area contributed by atoms with Crippen LogP contribution in [0.3, 0.4) is 0 Å². The highest BCUT2D eigenvalue weighted by Gasteiger charge is 2.16. The third-order valence-electron chi connectivity index (χ3n) is 3.13. The Morgan fingerprint density at radius 1 is 1.26 bits per heavy atom. The minimum atomic E-state index is -0.466. The first kappa shape index (κ1) is 17.9. The van der Waals surface area contributed by atoms with Gasteiger partial charge in [-0.3, -0.25) is 4.79 Å². The first-order valence-corrected chi connectivity index (χ1v) is 6.22. The molecule has 0 aliphatic carbocycles. The summed E-state index contributed by atoms with van der Waals surface area (Å²) in [6, 6.07) is 7.38. The van der Waals surface area contributed by atoms with Gasteiger partial charge in [0.2, 0.25) is 5.91 Å². The molecule has 0 aliphatic rings. The number of benzene rings is 1. The molecule has 108 valence electrons. The molecule has 0 aromatic heterocycles. The molecule has 0 saturated carbocycles. The maximum Gasteiger partial charge on any atom is 0.224 e. The molecule has 0 saturated heterocycles. The van der Waals surface area contributed by atoms with Crippen molar-refractivity contribution in [2.75, 3.05) is 0 Å². The van der Waals surface area contributed by atoms with E-state index in [1.165, 1.54) is 0 Å². The largest absolute Gasteiger partial charge is 0.389 e. The second-order valence-corrected chi connectivity index (χ2v) is 4.78. The molecule has 1 amide bonds. The summed E-state index contributed by atoms with van der Waals surface area (Å²) in [7, 11) is 0. The number of halogens is 1. The van der Waals surface area contributed by atoms with Gasteiger partial charge in [-0.15, -0.1) is 12.4 Å². The van der Waals surface area contributed by atoms with E-state index in [-0.39, 0.29) is 30.3 Å². The van der Waals surface area contributed by atoms with Crippen LogP contribution in [0.2, 0.25) is 0 Å². The van der Waals surface area contributed by atoms with Gasteiger partial charge in [-0.2, -0.15) is 0 Å². The van der Waals surface area contributed by atoms with E-state index in [4.69, 9.17) is 5.73 Å². The molecule has 5 heteroatoms. The average molecular weight is 287 g/mol. The Balaban J connectivity index is 0.00000324. The van der Waals surface area contributed by atoms with Crippen LogP contribution in [0.1, 0.15) is 38.0 Å². The van der Waals surface area contributed by atoms with Crippen LogP contribution in [0, 0.1) is 5.92 Å². The molecular formula is C14H23ClN2O2. The molecule has 0 fully saturated rings. The summed E-state index contributed by atoms with van der Waals surface area (Å²) in [5.41, 5.74) is 7.54. The fraction of sp³-hybridized carbons (Fsp3) is 0.500. The summed E-state index contributed by atoms with van der Waals surface area (Å²) in [4.78, 5) is 11.7. The van der Waals surface area contributed by atoms with Gasteiger partial charge < -0.3 is 16.2 Å². The zero-order chi connectivity index (χ0) is 13.7. The molecule has 3 atom stereocenters. The fourth-order valence-electron chi connectivity index (χ4n) is 1.50. The lowest BCUT2D eigenvalue weighted by Gasteiger charge is -2.15.